The molecule has 11 heteroatoms. The minimum Gasteiger partial charge on any atom is -0.379 e. The summed E-state index contributed by atoms with van der Waals surface area (Å²) in [5, 5.41) is 7.28. The van der Waals surface area contributed by atoms with Crippen molar-refractivity contribution in [2.45, 2.75) is 51.6 Å². The molecule has 2 atom stereocenters. The zero-order chi connectivity index (χ0) is 25.3. The van der Waals surface area contributed by atoms with E-state index in [2.05, 4.69) is 20.4 Å². The standard InChI is InChI=1S/C24H27F3N6O2/c1-14-21-19(32(3)22(15(2)35-4)23(34)31-21)9-18(30-14)7-5-17-11-29-33(13-17)12-16-6-8-20(28-10-16)24(25,26)27/h6,8-11,13,15,22H,5,7,12H2,1-4H3,(H,31,34)/t15-,22+/m1/s1. The molecule has 0 aromatic carbocycles. The van der Waals surface area contributed by atoms with E-state index in [1.54, 1.807) is 18.0 Å². The van der Waals surface area contributed by atoms with Crippen LogP contribution in [-0.2, 0) is 35.1 Å². The zero-order valence-electron chi connectivity index (χ0n) is 19.9. The first-order valence-corrected chi connectivity index (χ1v) is 11.2. The molecule has 0 saturated carbocycles. The molecule has 8 nitrogen and oxygen atoms in total. The Morgan fingerprint density at radius 3 is 2.63 bits per heavy atom. The molecule has 0 fully saturated rings. The number of pyridine rings is 2. The monoisotopic (exact) mass is 488 g/mol. The van der Waals surface area contributed by atoms with Gasteiger partial charge in [0.1, 0.15) is 11.7 Å². The van der Waals surface area contributed by atoms with Gasteiger partial charge in [0.25, 0.3) is 0 Å². The predicted octanol–water partition coefficient (Wildman–Crippen LogP) is 3.63. The van der Waals surface area contributed by atoms with E-state index < -0.39 is 17.9 Å². The fraction of sp³-hybridized carbons (Fsp3) is 0.417. The largest absolute Gasteiger partial charge is 0.433 e. The number of likely N-dealkylation sites (N-methyl/N-ethyl adjacent to an activating group) is 1. The van der Waals surface area contributed by atoms with Gasteiger partial charge in [-0.1, -0.05) is 6.07 Å². The predicted molar refractivity (Wildman–Crippen MR) is 124 cm³/mol. The van der Waals surface area contributed by atoms with Gasteiger partial charge in [-0.3, -0.25) is 19.4 Å². The number of nitrogens with one attached hydrogen (secondary N) is 1. The zero-order valence-corrected chi connectivity index (χ0v) is 19.9. The second kappa shape index (κ2) is 9.65. The lowest BCUT2D eigenvalue weighted by atomic mass is 10.0. The topological polar surface area (TPSA) is 85.2 Å². The molecule has 0 saturated heterocycles. The van der Waals surface area contributed by atoms with Crippen molar-refractivity contribution in [3.8, 4) is 0 Å². The van der Waals surface area contributed by atoms with Gasteiger partial charge >= 0.3 is 6.18 Å². The van der Waals surface area contributed by atoms with Gasteiger partial charge in [-0.15, -0.1) is 0 Å². The van der Waals surface area contributed by atoms with Crippen LogP contribution < -0.4 is 10.2 Å². The number of carbonyl (C=O) groups is 1. The minimum atomic E-state index is -4.45. The Morgan fingerprint density at radius 1 is 1.20 bits per heavy atom. The Kier molecular flexibility index (Phi) is 6.79. The number of aryl methyl sites for hydroxylation is 3. The van der Waals surface area contributed by atoms with E-state index in [0.29, 0.717) is 30.6 Å². The van der Waals surface area contributed by atoms with Crippen molar-refractivity contribution >= 4 is 17.3 Å². The summed E-state index contributed by atoms with van der Waals surface area (Å²) in [5.74, 6) is -0.123. The number of ether oxygens (including phenoxy) is 1. The van der Waals surface area contributed by atoms with Crippen molar-refractivity contribution < 1.29 is 22.7 Å². The number of fused-ring (bicyclic) bond motifs is 1. The van der Waals surface area contributed by atoms with Gasteiger partial charge in [0.15, 0.2) is 0 Å². The maximum absolute atomic E-state index is 12.7. The summed E-state index contributed by atoms with van der Waals surface area (Å²) in [6, 6.07) is 3.92. The van der Waals surface area contributed by atoms with Crippen LogP contribution in [0, 0.1) is 6.92 Å². The van der Waals surface area contributed by atoms with Gasteiger partial charge in [-0.25, -0.2) is 0 Å². The highest BCUT2D eigenvalue weighted by Gasteiger charge is 2.36. The first-order chi connectivity index (χ1) is 16.6. The van der Waals surface area contributed by atoms with Crippen molar-refractivity contribution in [3.63, 3.8) is 0 Å². The normalized spacial score (nSPS) is 16.7. The Bertz CT molecular complexity index is 1210. The van der Waals surface area contributed by atoms with Crippen molar-refractivity contribution in [3.05, 3.63) is 65.0 Å². The van der Waals surface area contributed by atoms with Crippen LogP contribution in [0.5, 0.6) is 0 Å². The van der Waals surface area contributed by atoms with E-state index in [9.17, 15) is 18.0 Å². The lowest BCUT2D eigenvalue weighted by molar-refractivity contribution is -0.141. The highest BCUT2D eigenvalue weighted by Crippen LogP contribution is 2.35. The third kappa shape index (κ3) is 5.29. The lowest BCUT2D eigenvalue weighted by Gasteiger charge is -2.38. The number of carbonyl (C=O) groups excluding carboxylic acids is 1. The second-order valence-electron chi connectivity index (χ2n) is 8.67. The van der Waals surface area contributed by atoms with Crippen molar-refractivity contribution in [2.75, 3.05) is 24.4 Å². The lowest BCUT2D eigenvalue weighted by Crippen LogP contribution is -2.52. The molecule has 35 heavy (non-hydrogen) atoms. The number of aromatic nitrogens is 4. The van der Waals surface area contributed by atoms with Gasteiger partial charge in [0, 0.05) is 32.2 Å². The van der Waals surface area contributed by atoms with Crippen LogP contribution in [0.2, 0.25) is 0 Å². The number of alkyl halides is 3. The molecule has 1 N–H and O–H groups in total. The molecule has 0 aliphatic carbocycles. The maximum Gasteiger partial charge on any atom is 0.433 e. The molecule has 0 bridgehead atoms. The van der Waals surface area contributed by atoms with Gasteiger partial charge < -0.3 is 15.0 Å². The molecular formula is C24H27F3N6O2. The first-order valence-electron chi connectivity index (χ1n) is 11.2. The quantitative estimate of drug-likeness (QED) is 0.547. The number of anilines is 2. The number of halogens is 3. The van der Waals surface area contributed by atoms with Crippen LogP contribution in [-0.4, -0.2) is 52.0 Å². The molecule has 0 unspecified atom stereocenters. The van der Waals surface area contributed by atoms with Gasteiger partial charge in [0.05, 0.1) is 35.9 Å². The SMILES string of the molecule is CO[C@H](C)[C@H]1C(=O)Nc2c(cc(CCc3cnn(Cc4ccc(C(F)(F)F)nc4)c3)nc2C)N1C. The summed E-state index contributed by atoms with van der Waals surface area (Å²) in [6.07, 6.45) is 1.44. The first kappa shape index (κ1) is 24.6. The molecule has 1 aliphatic rings. The number of hydrogen-bond donors (Lipinski definition) is 1. The van der Waals surface area contributed by atoms with Gasteiger partial charge in [0.2, 0.25) is 5.91 Å². The van der Waals surface area contributed by atoms with Crippen LogP contribution in [0.4, 0.5) is 24.5 Å². The fourth-order valence-electron chi connectivity index (χ4n) is 4.23. The second-order valence-corrected chi connectivity index (χ2v) is 8.67. The van der Waals surface area contributed by atoms with E-state index in [-0.39, 0.29) is 12.0 Å². The van der Waals surface area contributed by atoms with Crippen molar-refractivity contribution in [1.82, 2.24) is 19.7 Å². The molecule has 4 heterocycles. The summed E-state index contributed by atoms with van der Waals surface area (Å²) in [4.78, 5) is 22.7. The number of nitrogens with zero attached hydrogens (tertiary/aromatic N) is 5. The van der Waals surface area contributed by atoms with Crippen molar-refractivity contribution in [2.24, 2.45) is 0 Å². The van der Waals surface area contributed by atoms with E-state index in [0.717, 1.165) is 28.7 Å². The molecule has 186 valence electrons. The van der Waals surface area contributed by atoms with Crippen molar-refractivity contribution in [1.29, 1.82) is 0 Å². The van der Waals surface area contributed by atoms with Crippen LogP contribution in [0.1, 0.15) is 35.1 Å². The average Bonchev–Trinajstić information content (AvgIpc) is 3.25. The Hall–Kier alpha value is -3.47. The molecule has 1 aliphatic heterocycles. The van der Waals surface area contributed by atoms with E-state index in [1.807, 2.05) is 38.1 Å². The number of rotatable bonds is 7. The van der Waals surface area contributed by atoms with E-state index in [1.165, 1.54) is 12.3 Å². The Balaban J connectivity index is 1.43. The molecule has 3 aromatic heterocycles. The molecule has 0 radical (unpaired) electrons. The van der Waals surface area contributed by atoms with Crippen LogP contribution >= 0.6 is 0 Å². The molecule has 1 amide bonds. The number of hydrogen-bond acceptors (Lipinski definition) is 6. The summed E-state index contributed by atoms with van der Waals surface area (Å²) < 4.78 is 45.1. The third-order valence-electron chi connectivity index (χ3n) is 6.18. The Morgan fingerprint density at radius 2 is 1.97 bits per heavy atom. The van der Waals surface area contributed by atoms with Crippen LogP contribution in [0.3, 0.4) is 0 Å². The smallest absolute Gasteiger partial charge is 0.379 e. The molecule has 3 aromatic rings. The summed E-state index contributed by atoms with van der Waals surface area (Å²) in [5.41, 5.74) is 3.92. The number of methoxy groups -OCH3 is 1. The summed E-state index contributed by atoms with van der Waals surface area (Å²) in [6.45, 7) is 4.05. The average molecular weight is 489 g/mol. The highest BCUT2D eigenvalue weighted by atomic mass is 19.4. The Labute approximate surface area is 201 Å². The third-order valence-corrected chi connectivity index (χ3v) is 6.18. The molecule has 0 spiro atoms. The summed E-state index contributed by atoms with van der Waals surface area (Å²) >= 11 is 0. The maximum atomic E-state index is 12.7. The summed E-state index contributed by atoms with van der Waals surface area (Å²) in [7, 11) is 3.46. The minimum absolute atomic E-state index is 0.123. The highest BCUT2D eigenvalue weighted by molar-refractivity contribution is 6.04. The van der Waals surface area contributed by atoms with Crippen LogP contribution in [0.15, 0.2) is 36.8 Å². The molecule has 4 rings (SSSR count). The number of amides is 1. The molecular weight excluding hydrogens is 461 g/mol. The van der Waals surface area contributed by atoms with Gasteiger partial charge in [-0.05, 0) is 49.9 Å². The van der Waals surface area contributed by atoms with Crippen LogP contribution in [0.25, 0.3) is 0 Å². The van der Waals surface area contributed by atoms with E-state index in [4.69, 9.17) is 4.74 Å². The van der Waals surface area contributed by atoms with E-state index >= 15 is 0 Å². The fourth-order valence-corrected chi connectivity index (χ4v) is 4.23. The van der Waals surface area contributed by atoms with Gasteiger partial charge in [-0.2, -0.15) is 18.3 Å².